The van der Waals surface area contributed by atoms with E-state index in [0.29, 0.717) is 22.9 Å². The van der Waals surface area contributed by atoms with Crippen molar-refractivity contribution in [2.75, 3.05) is 7.05 Å². The summed E-state index contributed by atoms with van der Waals surface area (Å²) in [6, 6.07) is 11.5. The highest BCUT2D eigenvalue weighted by Gasteiger charge is 2.08. The fraction of sp³-hybridized carbons (Fsp3) is 0.188. The molecule has 0 aliphatic rings. The summed E-state index contributed by atoms with van der Waals surface area (Å²) in [7, 11) is 1.82. The topological polar surface area (TPSA) is 45.0 Å². The number of nitrogens with zero attached hydrogens (tertiary/aromatic N) is 1. The van der Waals surface area contributed by atoms with Gasteiger partial charge in [0.15, 0.2) is 0 Å². The Morgan fingerprint density at radius 1 is 1.33 bits per heavy atom. The molecular weight excluding hydrogens is 291 g/mol. The number of benzene rings is 2. The van der Waals surface area contributed by atoms with E-state index in [1.807, 2.05) is 19.2 Å². The third kappa shape index (κ3) is 3.94. The van der Waals surface area contributed by atoms with Crippen LogP contribution in [0.1, 0.15) is 16.7 Å². The van der Waals surface area contributed by atoms with E-state index < -0.39 is 5.82 Å². The zero-order chi connectivity index (χ0) is 15.2. The van der Waals surface area contributed by atoms with E-state index >= 15 is 0 Å². The Kier molecular flexibility index (Phi) is 5.15. The third-order valence-corrected chi connectivity index (χ3v) is 3.26. The van der Waals surface area contributed by atoms with Crippen LogP contribution in [-0.4, -0.2) is 7.05 Å². The van der Waals surface area contributed by atoms with Crippen LogP contribution in [0.2, 0.25) is 5.02 Å². The second-order valence-corrected chi connectivity index (χ2v) is 4.90. The Labute approximate surface area is 127 Å². The Morgan fingerprint density at radius 3 is 2.86 bits per heavy atom. The van der Waals surface area contributed by atoms with Crippen LogP contribution >= 0.6 is 11.6 Å². The predicted octanol–water partition coefficient (Wildman–Crippen LogP) is 3.65. The number of hydrogen-bond acceptors (Lipinski definition) is 3. The molecule has 0 spiro atoms. The van der Waals surface area contributed by atoms with Crippen LogP contribution in [0, 0.1) is 17.1 Å². The minimum Gasteiger partial charge on any atom is -0.489 e. The SMILES string of the molecule is CNCc1c(Cl)cccc1OCc1cc(F)cc(C#N)c1. The zero-order valence-electron chi connectivity index (χ0n) is 11.5. The average molecular weight is 305 g/mol. The highest BCUT2D eigenvalue weighted by molar-refractivity contribution is 6.31. The van der Waals surface area contributed by atoms with Gasteiger partial charge in [0, 0.05) is 17.1 Å². The molecule has 21 heavy (non-hydrogen) atoms. The number of ether oxygens (including phenoxy) is 1. The van der Waals surface area contributed by atoms with Gasteiger partial charge in [-0.25, -0.2) is 4.39 Å². The fourth-order valence-electron chi connectivity index (χ4n) is 1.98. The van der Waals surface area contributed by atoms with Crippen LogP contribution in [-0.2, 0) is 13.2 Å². The molecular formula is C16H14ClFN2O. The minimum atomic E-state index is -0.450. The third-order valence-electron chi connectivity index (χ3n) is 2.91. The lowest BCUT2D eigenvalue weighted by Gasteiger charge is -2.13. The van der Waals surface area contributed by atoms with Crippen molar-refractivity contribution >= 4 is 11.6 Å². The lowest BCUT2D eigenvalue weighted by molar-refractivity contribution is 0.302. The molecule has 2 aromatic carbocycles. The number of nitriles is 1. The Morgan fingerprint density at radius 2 is 2.14 bits per heavy atom. The molecule has 0 aliphatic carbocycles. The maximum absolute atomic E-state index is 13.4. The molecule has 2 rings (SSSR count). The highest BCUT2D eigenvalue weighted by Crippen LogP contribution is 2.27. The van der Waals surface area contributed by atoms with Crippen LogP contribution in [0.5, 0.6) is 5.75 Å². The molecule has 0 unspecified atom stereocenters. The first kappa shape index (κ1) is 15.3. The van der Waals surface area contributed by atoms with Crippen molar-refractivity contribution < 1.29 is 9.13 Å². The molecule has 108 valence electrons. The molecule has 1 N–H and O–H groups in total. The van der Waals surface area contributed by atoms with E-state index in [4.69, 9.17) is 21.6 Å². The number of halogens is 2. The van der Waals surface area contributed by atoms with Gasteiger partial charge < -0.3 is 10.1 Å². The monoisotopic (exact) mass is 304 g/mol. The summed E-state index contributed by atoms with van der Waals surface area (Å²) in [5.74, 6) is 0.189. The normalized spacial score (nSPS) is 10.2. The molecule has 0 aliphatic heterocycles. The van der Waals surface area contributed by atoms with Crippen molar-refractivity contribution in [1.82, 2.24) is 5.32 Å². The van der Waals surface area contributed by atoms with E-state index in [9.17, 15) is 4.39 Å². The molecule has 2 aromatic rings. The van der Waals surface area contributed by atoms with Crippen LogP contribution in [0.15, 0.2) is 36.4 Å². The first-order chi connectivity index (χ1) is 10.1. The van der Waals surface area contributed by atoms with Crippen molar-refractivity contribution in [1.29, 1.82) is 5.26 Å². The zero-order valence-corrected chi connectivity index (χ0v) is 12.2. The molecule has 0 atom stereocenters. The first-order valence-corrected chi connectivity index (χ1v) is 6.76. The summed E-state index contributed by atoms with van der Waals surface area (Å²) in [6.45, 7) is 0.741. The predicted molar refractivity (Wildman–Crippen MR) is 79.7 cm³/mol. The van der Waals surface area contributed by atoms with Gasteiger partial charge in [-0.1, -0.05) is 17.7 Å². The Balaban J connectivity index is 2.19. The van der Waals surface area contributed by atoms with Crippen molar-refractivity contribution in [2.24, 2.45) is 0 Å². The molecule has 3 nitrogen and oxygen atoms in total. The van der Waals surface area contributed by atoms with E-state index in [2.05, 4.69) is 5.32 Å². The van der Waals surface area contributed by atoms with Crippen molar-refractivity contribution in [3.63, 3.8) is 0 Å². The van der Waals surface area contributed by atoms with Crippen LogP contribution in [0.4, 0.5) is 4.39 Å². The molecule has 0 saturated carbocycles. The second kappa shape index (κ2) is 7.07. The van der Waals surface area contributed by atoms with Gasteiger partial charge in [0.1, 0.15) is 18.2 Å². The number of nitrogens with one attached hydrogen (secondary N) is 1. The standard InChI is InChI=1S/C16H14ClFN2O/c1-20-9-14-15(17)3-2-4-16(14)21-10-12-5-11(8-19)6-13(18)7-12/h2-7,20H,9-10H2,1H3. The first-order valence-electron chi connectivity index (χ1n) is 6.38. The molecule has 0 aromatic heterocycles. The molecule has 0 fully saturated rings. The van der Waals surface area contributed by atoms with E-state index in [-0.39, 0.29) is 12.2 Å². The van der Waals surface area contributed by atoms with E-state index in [1.54, 1.807) is 18.2 Å². The van der Waals surface area contributed by atoms with Crippen LogP contribution in [0.3, 0.4) is 0 Å². The molecule has 0 amide bonds. The molecule has 0 bridgehead atoms. The van der Waals surface area contributed by atoms with Gasteiger partial charge in [0.2, 0.25) is 0 Å². The highest BCUT2D eigenvalue weighted by atomic mass is 35.5. The number of hydrogen-bond donors (Lipinski definition) is 1. The van der Waals surface area contributed by atoms with Gasteiger partial charge in [0.25, 0.3) is 0 Å². The number of rotatable bonds is 5. The Hall–Kier alpha value is -2.09. The van der Waals surface area contributed by atoms with Gasteiger partial charge >= 0.3 is 0 Å². The lowest BCUT2D eigenvalue weighted by atomic mass is 10.1. The summed E-state index contributed by atoms with van der Waals surface area (Å²) in [4.78, 5) is 0. The summed E-state index contributed by atoms with van der Waals surface area (Å²) in [5.41, 5.74) is 1.72. The summed E-state index contributed by atoms with van der Waals surface area (Å²) in [5, 5.41) is 12.5. The van der Waals surface area contributed by atoms with E-state index in [0.717, 1.165) is 5.56 Å². The maximum atomic E-state index is 13.4. The van der Waals surface area contributed by atoms with Crippen LogP contribution in [0.25, 0.3) is 0 Å². The molecule has 0 saturated heterocycles. The summed E-state index contributed by atoms with van der Waals surface area (Å²) < 4.78 is 19.1. The van der Waals surface area contributed by atoms with Crippen molar-refractivity contribution in [2.45, 2.75) is 13.2 Å². The molecule has 0 radical (unpaired) electrons. The molecule has 5 heteroatoms. The smallest absolute Gasteiger partial charge is 0.125 e. The van der Waals surface area contributed by atoms with Gasteiger partial charge in [-0.2, -0.15) is 5.26 Å². The van der Waals surface area contributed by atoms with Gasteiger partial charge in [0.05, 0.1) is 11.6 Å². The van der Waals surface area contributed by atoms with Crippen molar-refractivity contribution in [3.05, 3.63) is 63.9 Å². The van der Waals surface area contributed by atoms with Gasteiger partial charge in [-0.15, -0.1) is 0 Å². The Bertz CT molecular complexity index is 682. The van der Waals surface area contributed by atoms with E-state index in [1.165, 1.54) is 12.1 Å². The average Bonchev–Trinajstić information content (AvgIpc) is 2.47. The summed E-state index contributed by atoms with van der Waals surface area (Å²) >= 11 is 6.14. The summed E-state index contributed by atoms with van der Waals surface area (Å²) in [6.07, 6.45) is 0. The van der Waals surface area contributed by atoms with Gasteiger partial charge in [-0.3, -0.25) is 0 Å². The fourth-order valence-corrected chi connectivity index (χ4v) is 2.21. The molecule has 0 heterocycles. The maximum Gasteiger partial charge on any atom is 0.125 e. The lowest BCUT2D eigenvalue weighted by Crippen LogP contribution is -2.08. The minimum absolute atomic E-state index is 0.170. The van der Waals surface area contributed by atoms with Gasteiger partial charge in [-0.05, 0) is 42.9 Å². The largest absolute Gasteiger partial charge is 0.489 e. The van der Waals surface area contributed by atoms with Crippen molar-refractivity contribution in [3.8, 4) is 11.8 Å². The second-order valence-electron chi connectivity index (χ2n) is 4.50. The van der Waals surface area contributed by atoms with Crippen LogP contribution < -0.4 is 10.1 Å². The quantitative estimate of drug-likeness (QED) is 0.917.